The van der Waals surface area contributed by atoms with Crippen molar-refractivity contribution in [3.8, 4) is 0 Å². The van der Waals surface area contributed by atoms with Crippen LogP contribution in [-0.2, 0) is 9.84 Å². The van der Waals surface area contributed by atoms with Crippen molar-refractivity contribution in [1.82, 2.24) is 10.6 Å². The molecule has 1 saturated heterocycles. The molecule has 0 aromatic carbocycles. The third-order valence-electron chi connectivity index (χ3n) is 7.60. The van der Waals surface area contributed by atoms with Gasteiger partial charge in [-0.05, 0) is 62.2 Å². The number of nitrogens with one attached hydrogen (secondary N) is 2. The topological polar surface area (TPSA) is 70.6 Å². The molecule has 0 aromatic rings. The molecule has 3 aliphatic carbocycles. The highest BCUT2D eigenvalue weighted by Gasteiger charge is 2.40. The molecule has 4 rings (SSSR count). The number of fused-ring (bicyclic) bond motifs is 2. The van der Waals surface area contributed by atoms with Crippen LogP contribution >= 0.6 is 24.0 Å². The molecule has 0 spiro atoms. The minimum absolute atomic E-state index is 0. The number of aliphatic imine (C=N–C) groups is 1. The van der Waals surface area contributed by atoms with Crippen LogP contribution in [0.5, 0.6) is 0 Å². The zero-order valence-electron chi connectivity index (χ0n) is 17.2. The molecular weight excluding hydrogens is 485 g/mol. The van der Waals surface area contributed by atoms with Crippen LogP contribution in [0.25, 0.3) is 0 Å². The summed E-state index contributed by atoms with van der Waals surface area (Å²) < 4.78 is 23.5. The average molecular weight is 524 g/mol. The molecule has 0 amide bonds. The van der Waals surface area contributed by atoms with Crippen LogP contribution in [-0.4, -0.2) is 44.5 Å². The molecule has 4 aliphatic rings. The van der Waals surface area contributed by atoms with Crippen molar-refractivity contribution >= 4 is 39.8 Å². The fraction of sp³-hybridized carbons (Fsp3) is 0.952. The average Bonchev–Trinajstić information content (AvgIpc) is 3.35. The molecule has 2 bridgehead atoms. The Morgan fingerprint density at radius 2 is 1.86 bits per heavy atom. The smallest absolute Gasteiger partial charge is 0.191 e. The summed E-state index contributed by atoms with van der Waals surface area (Å²) in [6, 6.07) is 1.08. The lowest BCUT2D eigenvalue weighted by Gasteiger charge is -2.32. The first-order valence-corrected chi connectivity index (χ1v) is 13.1. The summed E-state index contributed by atoms with van der Waals surface area (Å²) in [5, 5.41) is 7.50. The van der Waals surface area contributed by atoms with Gasteiger partial charge in [0.25, 0.3) is 0 Å². The first-order valence-electron chi connectivity index (χ1n) is 11.3. The van der Waals surface area contributed by atoms with Gasteiger partial charge >= 0.3 is 0 Å². The summed E-state index contributed by atoms with van der Waals surface area (Å²) in [4.78, 5) is 4.89. The van der Waals surface area contributed by atoms with E-state index in [-0.39, 0.29) is 29.9 Å². The molecule has 5 nitrogen and oxygen atoms in total. The van der Waals surface area contributed by atoms with Crippen LogP contribution in [0.3, 0.4) is 0 Å². The fourth-order valence-corrected chi connectivity index (χ4v) is 7.80. The van der Waals surface area contributed by atoms with Gasteiger partial charge < -0.3 is 10.6 Å². The molecule has 6 unspecified atom stereocenters. The van der Waals surface area contributed by atoms with Crippen molar-refractivity contribution in [2.45, 2.75) is 83.2 Å². The number of hydrogen-bond donors (Lipinski definition) is 2. The summed E-state index contributed by atoms with van der Waals surface area (Å²) >= 11 is 0. The van der Waals surface area contributed by atoms with Gasteiger partial charge in [0.15, 0.2) is 15.8 Å². The third-order valence-corrected chi connectivity index (χ3v) is 9.43. The van der Waals surface area contributed by atoms with Crippen molar-refractivity contribution in [3.63, 3.8) is 0 Å². The molecule has 1 aliphatic heterocycles. The normalized spacial score (nSPS) is 39.5. The minimum Gasteiger partial charge on any atom is -0.354 e. The molecule has 4 fully saturated rings. The minimum atomic E-state index is -2.82. The largest absolute Gasteiger partial charge is 0.354 e. The Labute approximate surface area is 188 Å². The van der Waals surface area contributed by atoms with Crippen molar-refractivity contribution in [2.24, 2.45) is 28.7 Å². The Morgan fingerprint density at radius 3 is 2.50 bits per heavy atom. The van der Waals surface area contributed by atoms with Crippen molar-refractivity contribution in [1.29, 1.82) is 0 Å². The Balaban J connectivity index is 0.00000225. The SMILES string of the molecule is CCC1CCCC(NC(=NCC2CCS(=O)(=O)C2)NC2CC3CCC2C3)C1.I. The van der Waals surface area contributed by atoms with Gasteiger partial charge in [-0.3, -0.25) is 4.99 Å². The number of guanidine groups is 1. The summed E-state index contributed by atoms with van der Waals surface area (Å²) in [5.74, 6) is 4.37. The van der Waals surface area contributed by atoms with Gasteiger partial charge in [-0.15, -0.1) is 24.0 Å². The molecule has 28 heavy (non-hydrogen) atoms. The summed E-state index contributed by atoms with van der Waals surface area (Å²) in [7, 11) is -2.82. The van der Waals surface area contributed by atoms with E-state index in [1.165, 1.54) is 57.8 Å². The molecule has 7 heteroatoms. The standard InChI is InChI=1S/C21H37N3O2S.HI/c1-2-15-4-3-5-19(11-15)23-21(22-13-17-8-9-27(25,26)14-17)24-20-12-16-6-7-18(20)10-16;/h15-20H,2-14H2,1H3,(H2,22,23,24);1H. The van der Waals surface area contributed by atoms with Crippen LogP contribution in [0, 0.1) is 23.7 Å². The molecule has 162 valence electrons. The highest BCUT2D eigenvalue weighted by atomic mass is 127. The summed E-state index contributed by atoms with van der Waals surface area (Å²) in [6.45, 7) is 2.94. The van der Waals surface area contributed by atoms with Crippen LogP contribution in [0.2, 0.25) is 0 Å². The summed E-state index contributed by atoms with van der Waals surface area (Å²) in [6.07, 6.45) is 12.6. The number of sulfone groups is 1. The second kappa shape index (κ2) is 9.84. The zero-order chi connectivity index (χ0) is 18.9. The second-order valence-electron chi connectivity index (χ2n) is 9.67. The molecule has 0 radical (unpaired) electrons. The van der Waals surface area contributed by atoms with E-state index in [1.807, 2.05) is 0 Å². The molecule has 3 saturated carbocycles. The van der Waals surface area contributed by atoms with Crippen LogP contribution in [0.4, 0.5) is 0 Å². The maximum Gasteiger partial charge on any atom is 0.191 e. The Bertz CT molecular complexity index is 654. The maximum atomic E-state index is 11.8. The first kappa shape index (κ1) is 22.6. The quantitative estimate of drug-likeness (QED) is 0.327. The van der Waals surface area contributed by atoms with Gasteiger partial charge in [-0.25, -0.2) is 8.42 Å². The second-order valence-corrected chi connectivity index (χ2v) is 11.9. The zero-order valence-corrected chi connectivity index (χ0v) is 20.4. The predicted octanol–water partition coefficient (Wildman–Crippen LogP) is 3.73. The Hall–Kier alpha value is -0.0500. The number of halogens is 1. The molecule has 6 atom stereocenters. The molecular formula is C21H38IN3O2S. The number of hydrogen-bond acceptors (Lipinski definition) is 3. The lowest BCUT2D eigenvalue weighted by molar-refractivity contribution is 0.296. The lowest BCUT2D eigenvalue weighted by Crippen LogP contribution is -2.50. The van der Waals surface area contributed by atoms with E-state index in [1.54, 1.807) is 0 Å². The number of nitrogens with zero attached hydrogens (tertiary/aromatic N) is 1. The van der Waals surface area contributed by atoms with Crippen LogP contribution in [0.1, 0.15) is 71.1 Å². The van der Waals surface area contributed by atoms with Gasteiger partial charge in [0, 0.05) is 18.6 Å². The van der Waals surface area contributed by atoms with E-state index in [9.17, 15) is 8.42 Å². The third kappa shape index (κ3) is 5.76. The van der Waals surface area contributed by atoms with E-state index < -0.39 is 9.84 Å². The maximum absolute atomic E-state index is 11.8. The van der Waals surface area contributed by atoms with E-state index in [2.05, 4.69) is 17.6 Å². The van der Waals surface area contributed by atoms with Crippen molar-refractivity contribution < 1.29 is 8.42 Å². The number of rotatable bonds is 5. The van der Waals surface area contributed by atoms with Gasteiger partial charge in [0.1, 0.15) is 0 Å². The highest BCUT2D eigenvalue weighted by Crippen LogP contribution is 2.44. The molecule has 0 aromatic heterocycles. The van der Waals surface area contributed by atoms with Crippen molar-refractivity contribution in [2.75, 3.05) is 18.1 Å². The van der Waals surface area contributed by atoms with Crippen LogP contribution < -0.4 is 10.6 Å². The van der Waals surface area contributed by atoms with E-state index >= 15 is 0 Å². The Morgan fingerprint density at radius 1 is 1.00 bits per heavy atom. The van der Waals surface area contributed by atoms with Gasteiger partial charge in [0.05, 0.1) is 11.5 Å². The predicted molar refractivity (Wildman–Crippen MR) is 126 cm³/mol. The fourth-order valence-electron chi connectivity index (χ4n) is 5.95. The monoisotopic (exact) mass is 523 g/mol. The van der Waals surface area contributed by atoms with Gasteiger partial charge in [-0.1, -0.05) is 32.6 Å². The van der Waals surface area contributed by atoms with Crippen molar-refractivity contribution in [3.05, 3.63) is 0 Å². The summed E-state index contributed by atoms with van der Waals surface area (Å²) in [5.41, 5.74) is 0. The van der Waals surface area contributed by atoms with Gasteiger partial charge in [0.2, 0.25) is 0 Å². The van der Waals surface area contributed by atoms with E-state index in [0.29, 0.717) is 30.1 Å². The van der Waals surface area contributed by atoms with Gasteiger partial charge in [-0.2, -0.15) is 0 Å². The van der Waals surface area contributed by atoms with E-state index in [0.717, 1.165) is 30.1 Å². The molecule has 2 N–H and O–H groups in total. The molecule has 1 heterocycles. The highest BCUT2D eigenvalue weighted by molar-refractivity contribution is 14.0. The first-order chi connectivity index (χ1) is 13.0. The lowest BCUT2D eigenvalue weighted by atomic mass is 9.84. The Kier molecular flexibility index (Phi) is 7.95. The van der Waals surface area contributed by atoms with Crippen LogP contribution in [0.15, 0.2) is 4.99 Å². The van der Waals surface area contributed by atoms with E-state index in [4.69, 9.17) is 4.99 Å².